The summed E-state index contributed by atoms with van der Waals surface area (Å²) in [6, 6.07) is 3.88. The maximum Gasteiger partial charge on any atom is 0.117 e. The first kappa shape index (κ1) is 10.0. The summed E-state index contributed by atoms with van der Waals surface area (Å²) in [5.74, 6) is 0.989. The highest BCUT2D eigenvalue weighted by Gasteiger charge is 1.99. The van der Waals surface area contributed by atoms with Crippen LogP contribution in [0, 0.1) is 0 Å². The number of nitrogens with two attached hydrogens (primary N) is 1. The molecule has 1 aromatic heterocycles. The van der Waals surface area contributed by atoms with Crippen LogP contribution in [-0.2, 0) is 6.54 Å². The zero-order valence-corrected chi connectivity index (χ0v) is 7.94. The Balaban J connectivity index is 2.25. The second-order valence-electron chi connectivity index (χ2n) is 2.98. The van der Waals surface area contributed by atoms with Crippen molar-refractivity contribution in [3.63, 3.8) is 0 Å². The molecule has 0 spiro atoms. The van der Waals surface area contributed by atoms with E-state index in [1.54, 1.807) is 6.26 Å². The molecule has 0 aliphatic heterocycles. The van der Waals surface area contributed by atoms with Crippen molar-refractivity contribution in [3.8, 4) is 0 Å². The molecule has 0 saturated carbocycles. The molecule has 0 atom stereocenters. The van der Waals surface area contributed by atoms with Crippen molar-refractivity contribution in [3.05, 3.63) is 36.3 Å². The Morgan fingerprint density at radius 3 is 3.00 bits per heavy atom. The molecule has 1 rings (SSSR count). The molecule has 1 aromatic rings. The largest absolute Gasteiger partial charge is 0.468 e. The zero-order chi connectivity index (χ0) is 9.52. The lowest BCUT2D eigenvalue weighted by Crippen LogP contribution is -2.17. The molecule has 3 nitrogen and oxygen atoms in total. The van der Waals surface area contributed by atoms with E-state index >= 15 is 0 Å². The van der Waals surface area contributed by atoms with Crippen LogP contribution in [0.5, 0.6) is 0 Å². The monoisotopic (exact) mass is 180 g/mol. The van der Waals surface area contributed by atoms with Gasteiger partial charge in [0.1, 0.15) is 5.76 Å². The molecule has 0 bridgehead atoms. The lowest BCUT2D eigenvalue weighted by molar-refractivity contribution is 0.322. The predicted molar refractivity (Wildman–Crippen MR) is 53.2 cm³/mol. The fourth-order valence-electron chi connectivity index (χ4n) is 1.08. The van der Waals surface area contributed by atoms with E-state index in [0.717, 1.165) is 18.8 Å². The van der Waals surface area contributed by atoms with Gasteiger partial charge in [-0.2, -0.15) is 0 Å². The molecule has 0 aliphatic carbocycles. The van der Waals surface area contributed by atoms with Crippen LogP contribution in [-0.4, -0.2) is 25.0 Å². The average molecular weight is 180 g/mol. The minimum Gasteiger partial charge on any atom is -0.468 e. The van der Waals surface area contributed by atoms with Crippen LogP contribution in [0.15, 0.2) is 35.0 Å². The topological polar surface area (TPSA) is 42.4 Å². The lowest BCUT2D eigenvalue weighted by atomic mass is 10.4. The van der Waals surface area contributed by atoms with Crippen molar-refractivity contribution in [2.75, 3.05) is 20.1 Å². The second-order valence-corrected chi connectivity index (χ2v) is 2.98. The standard InChI is InChI=1S/C10H16N2O/c1-12(7-3-2-6-11)9-10-5-4-8-13-10/h2-5,8H,6-7,9,11H2,1H3. The van der Waals surface area contributed by atoms with Gasteiger partial charge in [-0.25, -0.2) is 0 Å². The fraction of sp³-hybridized carbons (Fsp3) is 0.400. The quantitative estimate of drug-likeness (QED) is 0.693. The van der Waals surface area contributed by atoms with Gasteiger partial charge in [0.2, 0.25) is 0 Å². The van der Waals surface area contributed by atoms with Gasteiger partial charge in [0.15, 0.2) is 0 Å². The molecule has 0 aliphatic rings. The Labute approximate surface area is 78.8 Å². The molecule has 0 unspecified atom stereocenters. The number of nitrogens with zero attached hydrogens (tertiary/aromatic N) is 1. The van der Waals surface area contributed by atoms with E-state index in [0.29, 0.717) is 6.54 Å². The highest BCUT2D eigenvalue weighted by atomic mass is 16.3. The molecule has 0 radical (unpaired) electrons. The number of furan rings is 1. The zero-order valence-electron chi connectivity index (χ0n) is 7.94. The first-order valence-electron chi connectivity index (χ1n) is 4.39. The van der Waals surface area contributed by atoms with Gasteiger partial charge in [-0.15, -0.1) is 0 Å². The third-order valence-corrected chi connectivity index (χ3v) is 1.73. The number of hydrogen-bond donors (Lipinski definition) is 1. The minimum absolute atomic E-state index is 0.606. The highest BCUT2D eigenvalue weighted by Crippen LogP contribution is 2.02. The van der Waals surface area contributed by atoms with E-state index in [2.05, 4.69) is 11.0 Å². The van der Waals surface area contributed by atoms with Crippen LogP contribution in [0.2, 0.25) is 0 Å². The first-order valence-corrected chi connectivity index (χ1v) is 4.39. The predicted octanol–water partition coefficient (Wildman–Crippen LogP) is 1.23. The molecular weight excluding hydrogens is 164 g/mol. The van der Waals surface area contributed by atoms with Crippen molar-refractivity contribution < 1.29 is 4.42 Å². The summed E-state index contributed by atoms with van der Waals surface area (Å²) in [6.07, 6.45) is 5.71. The molecule has 13 heavy (non-hydrogen) atoms. The Kier molecular flexibility index (Phi) is 4.29. The van der Waals surface area contributed by atoms with Gasteiger partial charge in [-0.1, -0.05) is 12.2 Å². The molecule has 2 N–H and O–H groups in total. The van der Waals surface area contributed by atoms with Gasteiger partial charge in [0.05, 0.1) is 12.8 Å². The molecule has 1 heterocycles. The summed E-state index contributed by atoms with van der Waals surface area (Å²) in [5.41, 5.74) is 5.33. The molecule has 0 fully saturated rings. The van der Waals surface area contributed by atoms with Gasteiger partial charge < -0.3 is 10.2 Å². The van der Waals surface area contributed by atoms with E-state index < -0.39 is 0 Å². The van der Waals surface area contributed by atoms with Gasteiger partial charge in [0.25, 0.3) is 0 Å². The summed E-state index contributed by atoms with van der Waals surface area (Å²) < 4.78 is 5.22. The Morgan fingerprint density at radius 2 is 2.38 bits per heavy atom. The van der Waals surface area contributed by atoms with Crippen LogP contribution < -0.4 is 5.73 Å². The normalized spacial score (nSPS) is 11.6. The molecule has 0 saturated heterocycles. The Morgan fingerprint density at radius 1 is 1.54 bits per heavy atom. The Hall–Kier alpha value is -1.06. The van der Waals surface area contributed by atoms with Crippen molar-refractivity contribution in [2.24, 2.45) is 5.73 Å². The van der Waals surface area contributed by atoms with E-state index in [4.69, 9.17) is 10.2 Å². The van der Waals surface area contributed by atoms with Crippen LogP contribution >= 0.6 is 0 Å². The van der Waals surface area contributed by atoms with Crippen molar-refractivity contribution in [2.45, 2.75) is 6.54 Å². The molecule has 0 amide bonds. The smallest absolute Gasteiger partial charge is 0.117 e. The van der Waals surface area contributed by atoms with E-state index in [9.17, 15) is 0 Å². The fourth-order valence-corrected chi connectivity index (χ4v) is 1.08. The highest BCUT2D eigenvalue weighted by molar-refractivity contribution is 4.98. The molecule has 0 aromatic carbocycles. The average Bonchev–Trinajstić information content (AvgIpc) is 2.57. The van der Waals surface area contributed by atoms with Crippen LogP contribution in [0.3, 0.4) is 0 Å². The SMILES string of the molecule is CN(CC=CCN)Cc1ccco1. The van der Waals surface area contributed by atoms with Gasteiger partial charge in [-0.3, -0.25) is 4.90 Å². The third kappa shape index (κ3) is 3.92. The van der Waals surface area contributed by atoms with E-state index in [1.807, 2.05) is 25.3 Å². The minimum atomic E-state index is 0.606. The second kappa shape index (κ2) is 5.56. The summed E-state index contributed by atoms with van der Waals surface area (Å²) in [7, 11) is 2.05. The maximum absolute atomic E-state index is 5.33. The number of likely N-dealkylation sites (N-methyl/N-ethyl adjacent to an activating group) is 1. The van der Waals surface area contributed by atoms with E-state index in [1.165, 1.54) is 0 Å². The van der Waals surface area contributed by atoms with Crippen molar-refractivity contribution in [1.82, 2.24) is 4.90 Å². The molecule has 3 heteroatoms. The van der Waals surface area contributed by atoms with Crippen LogP contribution in [0.4, 0.5) is 0 Å². The Bertz CT molecular complexity index is 241. The van der Waals surface area contributed by atoms with Crippen molar-refractivity contribution in [1.29, 1.82) is 0 Å². The summed E-state index contributed by atoms with van der Waals surface area (Å²) in [6.45, 7) is 2.34. The first-order chi connectivity index (χ1) is 6.33. The molecular formula is C10H16N2O. The van der Waals surface area contributed by atoms with Crippen LogP contribution in [0.1, 0.15) is 5.76 Å². The summed E-state index contributed by atoms with van der Waals surface area (Å²) >= 11 is 0. The third-order valence-electron chi connectivity index (χ3n) is 1.73. The maximum atomic E-state index is 5.33. The number of rotatable bonds is 5. The van der Waals surface area contributed by atoms with Crippen molar-refractivity contribution >= 4 is 0 Å². The van der Waals surface area contributed by atoms with Gasteiger partial charge in [-0.05, 0) is 19.2 Å². The summed E-state index contributed by atoms with van der Waals surface area (Å²) in [5, 5.41) is 0. The van der Waals surface area contributed by atoms with Gasteiger partial charge >= 0.3 is 0 Å². The summed E-state index contributed by atoms with van der Waals surface area (Å²) in [4.78, 5) is 2.16. The van der Waals surface area contributed by atoms with Crippen LogP contribution in [0.25, 0.3) is 0 Å². The van der Waals surface area contributed by atoms with Gasteiger partial charge in [0, 0.05) is 13.1 Å². The molecule has 72 valence electrons. The lowest BCUT2D eigenvalue weighted by Gasteiger charge is -2.11. The number of hydrogen-bond acceptors (Lipinski definition) is 3. The van der Waals surface area contributed by atoms with E-state index in [-0.39, 0.29) is 0 Å².